The van der Waals surface area contributed by atoms with Gasteiger partial charge in [0.05, 0.1) is 5.69 Å². The molecule has 1 saturated heterocycles. The van der Waals surface area contributed by atoms with Gasteiger partial charge >= 0.3 is 0 Å². The molecule has 1 fully saturated rings. The van der Waals surface area contributed by atoms with Crippen LogP contribution >= 0.6 is 11.8 Å². The normalized spacial score (nSPS) is 19.8. The predicted octanol–water partition coefficient (Wildman–Crippen LogP) is 3.09. The largest absolute Gasteiger partial charge is 0.473 e. The Morgan fingerprint density at radius 1 is 1.38 bits per heavy atom. The minimum Gasteiger partial charge on any atom is -0.473 e. The number of aryl methyl sites for hydroxylation is 1. The van der Waals surface area contributed by atoms with E-state index in [1.54, 1.807) is 18.3 Å². The number of amides is 1. The summed E-state index contributed by atoms with van der Waals surface area (Å²) in [6.07, 6.45) is 6.85. The van der Waals surface area contributed by atoms with Gasteiger partial charge in [-0.2, -0.15) is 11.8 Å². The number of nitrogens with one attached hydrogen (secondary N) is 1. The number of pyridine rings is 1. The van der Waals surface area contributed by atoms with Crippen LogP contribution in [0.2, 0.25) is 0 Å². The Balaban J connectivity index is 1.47. The number of nitrogens with zero attached hydrogens (tertiary/aromatic N) is 2. The van der Waals surface area contributed by atoms with Crippen LogP contribution in [0.3, 0.4) is 0 Å². The first kappa shape index (κ1) is 15.5. The molecule has 1 amide bonds. The van der Waals surface area contributed by atoms with Crippen molar-refractivity contribution < 1.29 is 14.1 Å². The predicted molar refractivity (Wildman–Crippen MR) is 91.7 cm³/mol. The third kappa shape index (κ3) is 3.26. The highest BCUT2D eigenvalue weighted by Gasteiger charge is 2.22. The van der Waals surface area contributed by atoms with E-state index in [1.807, 2.05) is 11.8 Å². The molecule has 24 heavy (non-hydrogen) atoms. The second-order valence-electron chi connectivity index (χ2n) is 6.08. The lowest BCUT2D eigenvalue weighted by Gasteiger charge is -2.12. The van der Waals surface area contributed by atoms with Crippen molar-refractivity contribution in [2.24, 2.45) is 0 Å². The molecule has 0 unspecified atom stereocenters. The number of anilines is 1. The van der Waals surface area contributed by atoms with Crippen LogP contribution in [0.5, 0.6) is 5.88 Å². The van der Waals surface area contributed by atoms with E-state index >= 15 is 0 Å². The lowest BCUT2D eigenvalue weighted by atomic mass is 9.98. The quantitative estimate of drug-likeness (QED) is 0.917. The highest BCUT2D eigenvalue weighted by molar-refractivity contribution is 7.99. The number of hydrogen-bond acceptors (Lipinski definition) is 6. The van der Waals surface area contributed by atoms with Gasteiger partial charge in [-0.15, -0.1) is 0 Å². The Morgan fingerprint density at radius 2 is 2.29 bits per heavy atom. The third-order valence-corrected chi connectivity index (χ3v) is 5.49. The first-order valence-corrected chi connectivity index (χ1v) is 9.44. The number of hydrogen-bond donors (Lipinski definition) is 1. The zero-order chi connectivity index (χ0) is 16.4. The molecule has 1 N–H and O–H groups in total. The molecule has 1 aliphatic heterocycles. The van der Waals surface area contributed by atoms with Crippen molar-refractivity contribution in [2.75, 3.05) is 16.8 Å². The zero-order valence-corrected chi connectivity index (χ0v) is 14.1. The molecule has 2 aliphatic rings. The summed E-state index contributed by atoms with van der Waals surface area (Å²) in [5.74, 6) is 2.83. The van der Waals surface area contributed by atoms with Crippen LogP contribution in [0.25, 0.3) is 0 Å². The Labute approximate surface area is 144 Å². The van der Waals surface area contributed by atoms with E-state index in [4.69, 9.17) is 9.26 Å². The van der Waals surface area contributed by atoms with Gasteiger partial charge in [0, 0.05) is 29.1 Å². The molecular formula is C17H19N3O3S. The maximum absolute atomic E-state index is 12.5. The summed E-state index contributed by atoms with van der Waals surface area (Å²) in [5.41, 5.74) is 2.50. The van der Waals surface area contributed by atoms with Crippen molar-refractivity contribution in [3.8, 4) is 5.88 Å². The van der Waals surface area contributed by atoms with Gasteiger partial charge in [-0.05, 0) is 43.9 Å². The lowest BCUT2D eigenvalue weighted by Crippen LogP contribution is -2.17. The van der Waals surface area contributed by atoms with Crippen molar-refractivity contribution >= 4 is 23.6 Å². The van der Waals surface area contributed by atoms with Crippen LogP contribution < -0.4 is 10.1 Å². The van der Waals surface area contributed by atoms with Crippen molar-refractivity contribution in [1.82, 2.24) is 10.1 Å². The molecule has 0 radical (unpaired) electrons. The van der Waals surface area contributed by atoms with E-state index in [0.717, 1.165) is 54.9 Å². The van der Waals surface area contributed by atoms with Crippen LogP contribution in [0.4, 0.5) is 5.88 Å². The molecular weight excluding hydrogens is 326 g/mol. The smallest absolute Gasteiger partial charge is 0.258 e. The fourth-order valence-electron chi connectivity index (χ4n) is 3.06. The van der Waals surface area contributed by atoms with Crippen molar-refractivity contribution in [1.29, 1.82) is 0 Å². The second-order valence-corrected chi connectivity index (χ2v) is 7.23. The summed E-state index contributed by atoms with van der Waals surface area (Å²) in [4.78, 5) is 16.7. The fourth-order valence-corrected chi connectivity index (χ4v) is 4.15. The monoisotopic (exact) mass is 345 g/mol. The molecule has 6 nitrogen and oxygen atoms in total. The fraction of sp³-hybridized carbons (Fsp3) is 0.471. The van der Waals surface area contributed by atoms with Gasteiger partial charge in [-0.25, -0.2) is 4.98 Å². The first-order chi connectivity index (χ1) is 11.8. The van der Waals surface area contributed by atoms with Crippen molar-refractivity contribution in [2.45, 2.75) is 38.2 Å². The number of rotatable bonds is 4. The van der Waals surface area contributed by atoms with Crippen molar-refractivity contribution in [3.63, 3.8) is 0 Å². The van der Waals surface area contributed by atoms with Gasteiger partial charge in [0.1, 0.15) is 6.10 Å². The first-order valence-electron chi connectivity index (χ1n) is 8.29. The van der Waals surface area contributed by atoms with Crippen LogP contribution in [0.1, 0.15) is 40.9 Å². The molecule has 126 valence electrons. The highest BCUT2D eigenvalue weighted by Crippen LogP contribution is 2.28. The summed E-state index contributed by atoms with van der Waals surface area (Å²) in [5, 5.41) is 6.89. The molecule has 0 saturated carbocycles. The molecule has 1 atom stereocenters. The van der Waals surface area contributed by atoms with E-state index in [2.05, 4.69) is 15.5 Å². The van der Waals surface area contributed by atoms with E-state index in [-0.39, 0.29) is 12.0 Å². The van der Waals surface area contributed by atoms with Gasteiger partial charge in [0.25, 0.3) is 5.91 Å². The van der Waals surface area contributed by atoms with E-state index in [9.17, 15) is 4.79 Å². The molecule has 0 spiro atoms. The SMILES string of the molecule is O=C(Nc1onc2c1CCCC2)c1ccnc(O[C@@H]2CCSC2)c1. The minimum absolute atomic E-state index is 0.183. The van der Waals surface area contributed by atoms with E-state index < -0.39 is 0 Å². The van der Waals surface area contributed by atoms with Gasteiger partial charge < -0.3 is 9.26 Å². The zero-order valence-electron chi connectivity index (χ0n) is 13.3. The summed E-state index contributed by atoms with van der Waals surface area (Å²) >= 11 is 1.88. The Bertz CT molecular complexity index is 740. The van der Waals surface area contributed by atoms with Gasteiger partial charge in [-0.1, -0.05) is 5.16 Å². The van der Waals surface area contributed by atoms with E-state index in [0.29, 0.717) is 17.3 Å². The number of carbonyl (C=O) groups excluding carboxylic acids is 1. The molecule has 1 aliphatic carbocycles. The number of thioether (sulfide) groups is 1. The Morgan fingerprint density at radius 3 is 3.17 bits per heavy atom. The van der Waals surface area contributed by atoms with Crippen LogP contribution in [-0.2, 0) is 12.8 Å². The number of ether oxygens (including phenoxy) is 1. The molecule has 3 heterocycles. The number of carbonyl (C=O) groups is 1. The molecule has 2 aromatic rings. The Kier molecular flexibility index (Phi) is 4.42. The molecule has 0 aromatic carbocycles. The van der Waals surface area contributed by atoms with Gasteiger partial charge in [-0.3, -0.25) is 10.1 Å². The maximum atomic E-state index is 12.5. The second kappa shape index (κ2) is 6.84. The number of fused-ring (bicyclic) bond motifs is 1. The number of aromatic nitrogens is 2. The topological polar surface area (TPSA) is 77.3 Å². The average Bonchev–Trinajstić information content (AvgIpc) is 3.25. The Hall–Kier alpha value is -2.02. The summed E-state index contributed by atoms with van der Waals surface area (Å²) < 4.78 is 11.2. The standard InChI is InChI=1S/C17H19N3O3S/c21-16(19-17-13-3-1-2-4-14(13)20-23-17)11-5-7-18-15(9-11)22-12-6-8-24-10-12/h5,7,9,12H,1-4,6,8,10H2,(H,19,21)/t12-/m1/s1. The summed E-state index contributed by atoms with van der Waals surface area (Å²) in [6.45, 7) is 0. The summed E-state index contributed by atoms with van der Waals surface area (Å²) in [7, 11) is 0. The molecule has 0 bridgehead atoms. The summed E-state index contributed by atoms with van der Waals surface area (Å²) in [6, 6.07) is 3.36. The van der Waals surface area contributed by atoms with Crippen LogP contribution in [0.15, 0.2) is 22.9 Å². The van der Waals surface area contributed by atoms with Gasteiger partial charge in [0.15, 0.2) is 0 Å². The highest BCUT2D eigenvalue weighted by atomic mass is 32.2. The average molecular weight is 345 g/mol. The van der Waals surface area contributed by atoms with E-state index in [1.165, 1.54) is 0 Å². The molecule has 4 rings (SSSR count). The van der Waals surface area contributed by atoms with Gasteiger partial charge in [0.2, 0.25) is 11.8 Å². The molecule has 2 aromatic heterocycles. The maximum Gasteiger partial charge on any atom is 0.258 e. The van der Waals surface area contributed by atoms with Crippen LogP contribution in [0, 0.1) is 0 Å². The third-order valence-electron chi connectivity index (χ3n) is 4.36. The lowest BCUT2D eigenvalue weighted by molar-refractivity contribution is 0.102. The molecule has 7 heteroatoms. The van der Waals surface area contributed by atoms with Crippen LogP contribution in [-0.4, -0.2) is 33.7 Å². The van der Waals surface area contributed by atoms with Crippen molar-refractivity contribution in [3.05, 3.63) is 35.2 Å². The minimum atomic E-state index is -0.229.